The molecule has 0 spiro atoms. The van der Waals surface area contributed by atoms with E-state index in [-0.39, 0.29) is 35.5 Å². The van der Waals surface area contributed by atoms with E-state index in [2.05, 4.69) is 33.9 Å². The molecule has 0 N–H and O–H groups in total. The molecule has 0 saturated heterocycles. The van der Waals surface area contributed by atoms with E-state index in [1.54, 1.807) is 4.90 Å². The monoisotopic (exact) mass is 506 g/mol. The molecule has 36 heavy (non-hydrogen) atoms. The standard InChI is InChI=1S/C28H34N2O5Si/c1-8-33-25-17-11-9-10-12-21(17)29-24-22-13-18-19(14-30(22)26(31)23(24)25)16(2)35-27(32)20(18)15-34-36(6,7)28(3,4)5/h9-13,16,19H,8,14-15H2,1-7H3/t16-,19-/m0/s1. The molecule has 1 aromatic carbocycles. The van der Waals surface area contributed by atoms with Gasteiger partial charge in [0.15, 0.2) is 8.32 Å². The number of carbonyl (C=O) groups is 2. The van der Waals surface area contributed by atoms with Crippen molar-refractivity contribution in [3.63, 3.8) is 0 Å². The van der Waals surface area contributed by atoms with E-state index in [1.807, 2.05) is 44.2 Å². The van der Waals surface area contributed by atoms with Gasteiger partial charge >= 0.3 is 5.97 Å². The summed E-state index contributed by atoms with van der Waals surface area (Å²) in [6, 6.07) is 7.70. The number of nitrogens with zero attached hydrogens (tertiary/aromatic N) is 2. The van der Waals surface area contributed by atoms with Gasteiger partial charge in [-0.15, -0.1) is 0 Å². The number of hydrogen-bond donors (Lipinski definition) is 0. The molecular formula is C28H34N2O5Si. The summed E-state index contributed by atoms with van der Waals surface area (Å²) in [5.74, 6) is -0.0335. The fraction of sp³-hybridized carbons (Fsp3) is 0.464. The summed E-state index contributed by atoms with van der Waals surface area (Å²) in [5.41, 5.74) is 3.99. The molecule has 0 fully saturated rings. The van der Waals surface area contributed by atoms with E-state index in [9.17, 15) is 9.59 Å². The lowest BCUT2D eigenvalue weighted by Gasteiger charge is -2.40. The van der Waals surface area contributed by atoms with E-state index in [4.69, 9.17) is 18.9 Å². The smallest absolute Gasteiger partial charge is 0.336 e. The van der Waals surface area contributed by atoms with Crippen LogP contribution in [0.2, 0.25) is 18.1 Å². The molecule has 3 aliphatic heterocycles. The van der Waals surface area contributed by atoms with Gasteiger partial charge in [-0.25, -0.2) is 9.78 Å². The second-order valence-electron chi connectivity index (χ2n) is 11.3. The maximum Gasteiger partial charge on any atom is 0.336 e. The van der Waals surface area contributed by atoms with Crippen LogP contribution >= 0.6 is 0 Å². The van der Waals surface area contributed by atoms with Gasteiger partial charge in [0.05, 0.1) is 30.0 Å². The second kappa shape index (κ2) is 8.56. The molecule has 0 bridgehead atoms. The highest BCUT2D eigenvalue weighted by Gasteiger charge is 2.46. The van der Waals surface area contributed by atoms with Crippen molar-refractivity contribution in [3.8, 4) is 5.75 Å². The minimum absolute atomic E-state index is 0.0167. The first-order valence-electron chi connectivity index (χ1n) is 12.6. The van der Waals surface area contributed by atoms with Crippen molar-refractivity contribution in [1.82, 2.24) is 9.88 Å². The van der Waals surface area contributed by atoms with E-state index < -0.39 is 8.32 Å². The number of cyclic esters (lactones) is 1. The zero-order valence-corrected chi connectivity index (χ0v) is 23.1. The zero-order chi connectivity index (χ0) is 26.0. The lowest BCUT2D eigenvalue weighted by atomic mass is 9.84. The fourth-order valence-electron chi connectivity index (χ4n) is 4.87. The van der Waals surface area contributed by atoms with Crippen molar-refractivity contribution < 1.29 is 23.5 Å². The minimum atomic E-state index is -2.09. The zero-order valence-electron chi connectivity index (χ0n) is 22.1. The third-order valence-corrected chi connectivity index (χ3v) is 12.5. The van der Waals surface area contributed by atoms with E-state index in [0.29, 0.717) is 41.4 Å². The number of hydrogen-bond acceptors (Lipinski definition) is 6. The first-order chi connectivity index (χ1) is 16.9. The van der Waals surface area contributed by atoms with Gasteiger partial charge in [-0.1, -0.05) is 32.9 Å². The molecule has 190 valence electrons. The SMILES string of the molecule is CCOc1c2c(nc3ccccc13)C1=CC3=C(CO[Si](C)(C)C(C)(C)C)C(=O)O[C@@H](C)[C@@H]3CN1C2=O. The third kappa shape index (κ3) is 3.78. The van der Waals surface area contributed by atoms with Gasteiger partial charge in [-0.3, -0.25) is 4.79 Å². The average molecular weight is 507 g/mol. The number of benzene rings is 1. The summed E-state index contributed by atoms with van der Waals surface area (Å²) in [5, 5.41) is 0.835. The van der Waals surface area contributed by atoms with Crippen molar-refractivity contribution in [3.05, 3.63) is 52.7 Å². The Balaban J connectivity index is 1.66. The molecule has 1 amide bonds. The first kappa shape index (κ1) is 24.7. The molecule has 4 heterocycles. The average Bonchev–Trinajstić information content (AvgIpc) is 3.08. The van der Waals surface area contributed by atoms with Gasteiger partial charge in [0.25, 0.3) is 5.91 Å². The maximum absolute atomic E-state index is 13.7. The van der Waals surface area contributed by atoms with Crippen LogP contribution in [-0.2, 0) is 14.0 Å². The number of allylic oxidation sites excluding steroid dienone is 1. The van der Waals surface area contributed by atoms with Crippen molar-refractivity contribution >= 4 is 36.8 Å². The van der Waals surface area contributed by atoms with Crippen LogP contribution in [0.5, 0.6) is 5.75 Å². The predicted molar refractivity (Wildman–Crippen MR) is 141 cm³/mol. The van der Waals surface area contributed by atoms with Gasteiger partial charge in [-0.05, 0) is 55.8 Å². The van der Waals surface area contributed by atoms with E-state index >= 15 is 0 Å². The van der Waals surface area contributed by atoms with Gasteiger partial charge in [0, 0.05) is 17.8 Å². The maximum atomic E-state index is 13.7. The topological polar surface area (TPSA) is 78.0 Å². The second-order valence-corrected chi connectivity index (χ2v) is 16.1. The largest absolute Gasteiger partial charge is 0.492 e. The van der Waals surface area contributed by atoms with Crippen LogP contribution in [-0.4, -0.2) is 55.9 Å². The summed E-state index contributed by atoms with van der Waals surface area (Å²) >= 11 is 0. The van der Waals surface area contributed by atoms with Gasteiger partial charge in [0.1, 0.15) is 23.1 Å². The Kier molecular flexibility index (Phi) is 5.87. The molecule has 3 aliphatic rings. The predicted octanol–water partition coefficient (Wildman–Crippen LogP) is 5.32. The lowest BCUT2D eigenvalue weighted by Crippen LogP contribution is -2.45. The number of esters is 1. The first-order valence-corrected chi connectivity index (χ1v) is 15.5. The highest BCUT2D eigenvalue weighted by Crippen LogP contribution is 2.46. The summed E-state index contributed by atoms with van der Waals surface area (Å²) < 4.78 is 18.2. The van der Waals surface area contributed by atoms with Gasteiger partial charge < -0.3 is 18.8 Å². The highest BCUT2D eigenvalue weighted by atomic mass is 28.4. The van der Waals surface area contributed by atoms with E-state index in [0.717, 1.165) is 16.5 Å². The molecule has 5 rings (SSSR count). The molecule has 0 unspecified atom stereocenters. The van der Waals surface area contributed by atoms with Crippen LogP contribution in [0.15, 0.2) is 41.5 Å². The lowest BCUT2D eigenvalue weighted by molar-refractivity contribution is -0.148. The van der Waals surface area contributed by atoms with Crippen LogP contribution in [0.1, 0.15) is 50.7 Å². The Morgan fingerprint density at radius 3 is 2.61 bits per heavy atom. The summed E-state index contributed by atoms with van der Waals surface area (Å²) in [6.45, 7) is 15.7. The Morgan fingerprint density at radius 1 is 1.19 bits per heavy atom. The number of carbonyl (C=O) groups excluding carboxylic acids is 2. The number of para-hydroxylation sites is 1. The molecule has 0 saturated carbocycles. The van der Waals surface area contributed by atoms with Gasteiger partial charge in [-0.2, -0.15) is 0 Å². The van der Waals surface area contributed by atoms with E-state index in [1.165, 1.54) is 0 Å². The molecule has 8 heteroatoms. The van der Waals surface area contributed by atoms with Crippen LogP contribution in [0.3, 0.4) is 0 Å². The summed E-state index contributed by atoms with van der Waals surface area (Å²) in [4.78, 5) is 33.4. The number of aromatic nitrogens is 1. The third-order valence-electron chi connectivity index (χ3n) is 8.03. The number of amides is 1. The van der Waals surface area contributed by atoms with Crippen LogP contribution in [0, 0.1) is 5.92 Å². The minimum Gasteiger partial charge on any atom is -0.492 e. The Bertz CT molecular complexity index is 1340. The molecule has 1 aromatic heterocycles. The van der Waals surface area contributed by atoms with Crippen molar-refractivity contribution in [2.24, 2.45) is 5.92 Å². The normalized spacial score (nSPS) is 21.8. The Morgan fingerprint density at radius 2 is 1.92 bits per heavy atom. The summed E-state index contributed by atoms with van der Waals surface area (Å²) in [6.07, 6.45) is 1.60. The van der Waals surface area contributed by atoms with Crippen molar-refractivity contribution in [2.75, 3.05) is 19.8 Å². The van der Waals surface area contributed by atoms with Crippen molar-refractivity contribution in [2.45, 2.75) is 58.9 Å². The van der Waals surface area contributed by atoms with Crippen LogP contribution in [0.25, 0.3) is 16.6 Å². The van der Waals surface area contributed by atoms with Crippen LogP contribution < -0.4 is 4.74 Å². The molecule has 2 aromatic rings. The quantitative estimate of drug-likeness (QED) is 0.403. The number of rotatable bonds is 5. The van der Waals surface area contributed by atoms with Crippen molar-refractivity contribution in [1.29, 1.82) is 0 Å². The van der Waals surface area contributed by atoms with Crippen LogP contribution in [0.4, 0.5) is 0 Å². The van der Waals surface area contributed by atoms with Gasteiger partial charge in [0.2, 0.25) is 0 Å². The molecular weight excluding hydrogens is 472 g/mol. The number of ether oxygens (including phenoxy) is 2. The fourth-order valence-corrected chi connectivity index (χ4v) is 5.81. The number of pyridine rings is 1. The Labute approximate surface area is 213 Å². The Hall–Kier alpha value is -2.97. The highest BCUT2D eigenvalue weighted by molar-refractivity contribution is 6.74. The summed E-state index contributed by atoms with van der Waals surface area (Å²) in [7, 11) is -2.09. The number of fused-ring (bicyclic) bond motifs is 5. The molecule has 0 aliphatic carbocycles. The molecule has 0 radical (unpaired) electrons. The molecule has 7 nitrogen and oxygen atoms in total. The molecule has 2 atom stereocenters.